The fraction of sp³-hybridized carbons (Fsp3) is 0.786. The van der Waals surface area contributed by atoms with Gasteiger partial charge in [-0.05, 0) is 18.8 Å². The van der Waals surface area contributed by atoms with Gasteiger partial charge in [0.2, 0.25) is 11.8 Å². The second-order valence-corrected chi connectivity index (χ2v) is 6.17. The van der Waals surface area contributed by atoms with Gasteiger partial charge in [-0.1, -0.05) is 6.92 Å². The summed E-state index contributed by atoms with van der Waals surface area (Å²) in [6.45, 7) is 3.28. The van der Waals surface area contributed by atoms with E-state index in [4.69, 9.17) is 5.11 Å². The van der Waals surface area contributed by atoms with E-state index in [1.165, 1.54) is 4.90 Å². The Labute approximate surface area is 124 Å². The average Bonchev–Trinajstić information content (AvgIpc) is 3.15. The lowest BCUT2D eigenvalue weighted by atomic mass is 9.87. The van der Waals surface area contributed by atoms with Crippen LogP contribution in [-0.4, -0.2) is 72.0 Å². The van der Waals surface area contributed by atoms with Gasteiger partial charge in [0.15, 0.2) is 0 Å². The topological polar surface area (TPSA) is 90.0 Å². The zero-order chi connectivity index (χ0) is 15.6. The normalized spacial score (nSPS) is 20.5. The van der Waals surface area contributed by atoms with Gasteiger partial charge in [0.1, 0.15) is 0 Å². The summed E-state index contributed by atoms with van der Waals surface area (Å²) in [6, 6.07) is 0.301. The first-order chi connectivity index (χ1) is 9.86. The average molecular weight is 297 g/mol. The monoisotopic (exact) mass is 297 g/mol. The van der Waals surface area contributed by atoms with Crippen LogP contribution in [0.2, 0.25) is 0 Å². The molecule has 1 unspecified atom stereocenters. The lowest BCUT2D eigenvalue weighted by molar-refractivity contribution is -0.146. The minimum absolute atomic E-state index is 0.0815. The van der Waals surface area contributed by atoms with Crippen LogP contribution in [0, 0.1) is 11.8 Å². The summed E-state index contributed by atoms with van der Waals surface area (Å²) in [7, 11) is 1.62. The first kappa shape index (κ1) is 15.8. The highest BCUT2D eigenvalue weighted by atomic mass is 16.4. The number of carboxylic acids is 1. The molecule has 2 rings (SSSR count). The van der Waals surface area contributed by atoms with Crippen LogP contribution in [0.25, 0.3) is 0 Å². The number of amides is 2. The van der Waals surface area contributed by atoms with Crippen LogP contribution in [0.5, 0.6) is 0 Å². The number of aliphatic carboxylic acids is 1. The van der Waals surface area contributed by atoms with E-state index in [1.807, 2.05) is 4.90 Å². The molecule has 21 heavy (non-hydrogen) atoms. The number of carbonyl (C=O) groups is 3. The molecule has 2 N–H and O–H groups in total. The van der Waals surface area contributed by atoms with E-state index in [1.54, 1.807) is 14.0 Å². The molecule has 7 nitrogen and oxygen atoms in total. The number of likely N-dealkylation sites (tertiary alicyclic amines) is 1. The van der Waals surface area contributed by atoms with Crippen LogP contribution < -0.4 is 5.32 Å². The third kappa shape index (κ3) is 4.42. The molecule has 0 radical (unpaired) electrons. The highest BCUT2D eigenvalue weighted by Crippen LogP contribution is 2.23. The van der Waals surface area contributed by atoms with E-state index in [9.17, 15) is 14.4 Å². The predicted molar refractivity (Wildman–Crippen MR) is 75.5 cm³/mol. The highest BCUT2D eigenvalue weighted by molar-refractivity contribution is 5.85. The molecule has 0 spiro atoms. The maximum absolute atomic E-state index is 12.0. The smallest absolute Gasteiger partial charge is 0.306 e. The Hall–Kier alpha value is -1.63. The maximum atomic E-state index is 12.0. The van der Waals surface area contributed by atoms with E-state index < -0.39 is 5.97 Å². The number of likely N-dealkylation sites (N-methyl/N-ethyl adjacent to an activating group) is 1. The van der Waals surface area contributed by atoms with E-state index in [2.05, 4.69) is 5.32 Å². The number of nitrogens with one attached hydrogen (secondary N) is 1. The van der Waals surface area contributed by atoms with Crippen molar-refractivity contribution in [1.29, 1.82) is 0 Å². The van der Waals surface area contributed by atoms with Gasteiger partial charge < -0.3 is 15.3 Å². The van der Waals surface area contributed by atoms with Gasteiger partial charge in [0.05, 0.1) is 19.0 Å². The molecule has 0 aromatic rings. The molecule has 2 aliphatic rings. The minimum atomic E-state index is -0.792. The van der Waals surface area contributed by atoms with Gasteiger partial charge in [0.25, 0.3) is 0 Å². The quantitative estimate of drug-likeness (QED) is 0.653. The summed E-state index contributed by atoms with van der Waals surface area (Å²) < 4.78 is 0. The molecule has 1 aliphatic heterocycles. The summed E-state index contributed by atoms with van der Waals surface area (Å²) in [6.07, 6.45) is 2.06. The summed E-state index contributed by atoms with van der Waals surface area (Å²) in [5.74, 6) is -1.28. The molecule has 1 saturated carbocycles. The molecule has 0 aromatic heterocycles. The van der Waals surface area contributed by atoms with Crippen LogP contribution in [0.15, 0.2) is 0 Å². The molecule has 1 atom stereocenters. The molecule has 1 saturated heterocycles. The van der Waals surface area contributed by atoms with Gasteiger partial charge >= 0.3 is 5.97 Å². The Balaban J connectivity index is 1.65. The first-order valence-electron chi connectivity index (χ1n) is 7.35. The number of carbonyl (C=O) groups excluding carboxylic acids is 2. The van der Waals surface area contributed by atoms with Crippen LogP contribution in [0.1, 0.15) is 19.8 Å². The first-order valence-corrected chi connectivity index (χ1v) is 7.35. The van der Waals surface area contributed by atoms with Gasteiger partial charge in [0, 0.05) is 26.2 Å². The van der Waals surface area contributed by atoms with Crippen molar-refractivity contribution < 1.29 is 19.5 Å². The van der Waals surface area contributed by atoms with Crippen molar-refractivity contribution in [3.05, 3.63) is 0 Å². The Morgan fingerprint density at radius 2 is 1.95 bits per heavy atom. The number of hydrogen-bond acceptors (Lipinski definition) is 4. The van der Waals surface area contributed by atoms with Gasteiger partial charge in [-0.15, -0.1) is 0 Å². The fourth-order valence-electron chi connectivity index (χ4n) is 2.37. The van der Waals surface area contributed by atoms with Crippen molar-refractivity contribution in [3.8, 4) is 0 Å². The van der Waals surface area contributed by atoms with E-state index in [0.717, 1.165) is 12.8 Å². The second kappa shape index (κ2) is 6.43. The molecule has 1 heterocycles. The molecular weight excluding hydrogens is 274 g/mol. The van der Waals surface area contributed by atoms with E-state index in [-0.39, 0.29) is 36.7 Å². The Bertz CT molecular complexity index is 430. The maximum Gasteiger partial charge on any atom is 0.306 e. The summed E-state index contributed by atoms with van der Waals surface area (Å²) in [4.78, 5) is 37.8. The van der Waals surface area contributed by atoms with E-state index >= 15 is 0 Å². The lowest BCUT2D eigenvalue weighted by Gasteiger charge is -2.41. The van der Waals surface area contributed by atoms with Crippen molar-refractivity contribution >= 4 is 17.8 Å². The summed E-state index contributed by atoms with van der Waals surface area (Å²) in [5.41, 5.74) is 0. The molecule has 118 valence electrons. The van der Waals surface area contributed by atoms with Crippen LogP contribution in [-0.2, 0) is 14.4 Å². The summed E-state index contributed by atoms with van der Waals surface area (Å²) >= 11 is 0. The van der Waals surface area contributed by atoms with Crippen molar-refractivity contribution in [2.24, 2.45) is 11.8 Å². The molecule has 1 aliphatic carbocycles. The zero-order valence-corrected chi connectivity index (χ0v) is 12.5. The highest BCUT2D eigenvalue weighted by Gasteiger charge is 2.35. The second-order valence-electron chi connectivity index (χ2n) is 6.17. The fourth-order valence-corrected chi connectivity index (χ4v) is 2.37. The molecule has 0 aromatic carbocycles. The molecule has 7 heteroatoms. The van der Waals surface area contributed by atoms with Crippen LogP contribution in [0.4, 0.5) is 0 Å². The van der Waals surface area contributed by atoms with Crippen molar-refractivity contribution in [2.75, 3.05) is 33.2 Å². The number of nitrogens with zero attached hydrogens (tertiary/aromatic N) is 2. The number of carboxylic acid groups (broad SMARTS) is 1. The third-order valence-corrected chi connectivity index (χ3v) is 4.19. The third-order valence-electron chi connectivity index (χ3n) is 4.19. The molecule has 2 fully saturated rings. The van der Waals surface area contributed by atoms with Gasteiger partial charge in [-0.2, -0.15) is 0 Å². The summed E-state index contributed by atoms with van der Waals surface area (Å²) in [5, 5.41) is 11.8. The lowest BCUT2D eigenvalue weighted by Crippen LogP contribution is -2.54. The van der Waals surface area contributed by atoms with Gasteiger partial charge in [-0.25, -0.2) is 0 Å². The zero-order valence-electron chi connectivity index (χ0n) is 12.5. The predicted octanol–water partition coefficient (Wildman–Crippen LogP) is -0.624. The SMILES string of the molecule is CC(C(=O)O)C1CN(CC(=O)N(C)CC(=O)NC2CC2)C1. The van der Waals surface area contributed by atoms with Crippen molar-refractivity contribution in [2.45, 2.75) is 25.8 Å². The van der Waals surface area contributed by atoms with Crippen LogP contribution >= 0.6 is 0 Å². The minimum Gasteiger partial charge on any atom is -0.481 e. The van der Waals surface area contributed by atoms with Crippen molar-refractivity contribution in [3.63, 3.8) is 0 Å². The molecular formula is C14H23N3O4. The largest absolute Gasteiger partial charge is 0.481 e. The molecule has 0 bridgehead atoms. The Morgan fingerprint density at radius 1 is 1.33 bits per heavy atom. The van der Waals surface area contributed by atoms with Crippen LogP contribution in [0.3, 0.4) is 0 Å². The Kier molecular flexibility index (Phi) is 4.82. The standard InChI is InChI=1S/C14H23N3O4/c1-9(14(20)21)10-5-17(6-10)8-13(19)16(2)7-12(18)15-11-3-4-11/h9-11H,3-8H2,1-2H3,(H,15,18)(H,20,21). The van der Waals surface area contributed by atoms with Crippen molar-refractivity contribution in [1.82, 2.24) is 15.1 Å². The van der Waals surface area contributed by atoms with E-state index in [0.29, 0.717) is 19.1 Å². The number of hydrogen-bond donors (Lipinski definition) is 2. The van der Waals surface area contributed by atoms with Gasteiger partial charge in [-0.3, -0.25) is 19.3 Å². The number of rotatable bonds is 7. The Morgan fingerprint density at radius 3 is 2.48 bits per heavy atom. The molecule has 2 amide bonds.